The number of halogens is 1. The topological polar surface area (TPSA) is 64.3 Å². The second-order valence-electron chi connectivity index (χ2n) is 4.75. The van der Waals surface area contributed by atoms with Gasteiger partial charge in [-0.15, -0.1) is 0 Å². The van der Waals surface area contributed by atoms with Crippen LogP contribution in [0.4, 0.5) is 11.4 Å². The number of ether oxygens (including phenoxy) is 1. The van der Waals surface area contributed by atoms with Crippen molar-refractivity contribution in [2.24, 2.45) is 5.92 Å². The van der Waals surface area contributed by atoms with E-state index in [0.717, 1.165) is 16.5 Å². The molecule has 4 nitrogen and oxygen atoms in total. The zero-order valence-electron chi connectivity index (χ0n) is 10.5. The molecule has 1 aromatic carbocycles. The van der Waals surface area contributed by atoms with Crippen LogP contribution in [-0.2, 0) is 9.53 Å². The van der Waals surface area contributed by atoms with Crippen LogP contribution in [0.5, 0.6) is 0 Å². The Kier molecular flexibility index (Phi) is 3.92. The van der Waals surface area contributed by atoms with E-state index in [-0.39, 0.29) is 17.9 Å². The summed E-state index contributed by atoms with van der Waals surface area (Å²) in [6.07, 6.45) is 0.928. The summed E-state index contributed by atoms with van der Waals surface area (Å²) in [6, 6.07) is 3.68. The Morgan fingerprint density at radius 2 is 2.28 bits per heavy atom. The molecule has 1 heterocycles. The van der Waals surface area contributed by atoms with Gasteiger partial charge in [0.05, 0.1) is 24.3 Å². The fraction of sp³-hybridized carbons (Fsp3) is 0.462. The number of nitrogen functional groups attached to an aromatic ring is 1. The molecule has 5 heteroatoms. The fourth-order valence-electron chi connectivity index (χ4n) is 2.02. The standard InChI is InChI=1S/C13H17BrN2O2/c1-7-3-10(14)12(5-11(7)15)16-13(17)9-4-8(2)18-6-9/h3,5,8-9H,4,6,15H2,1-2H3,(H,16,17). The van der Waals surface area contributed by atoms with Gasteiger partial charge in [-0.2, -0.15) is 0 Å². The van der Waals surface area contributed by atoms with Crippen LogP contribution in [0.25, 0.3) is 0 Å². The Morgan fingerprint density at radius 3 is 2.89 bits per heavy atom. The summed E-state index contributed by atoms with van der Waals surface area (Å²) >= 11 is 3.43. The molecular weight excluding hydrogens is 296 g/mol. The molecule has 0 aliphatic carbocycles. The Balaban J connectivity index is 2.09. The number of hydrogen-bond donors (Lipinski definition) is 2. The molecule has 0 bridgehead atoms. The van der Waals surface area contributed by atoms with Crippen LogP contribution in [0.3, 0.4) is 0 Å². The number of carbonyl (C=O) groups excluding carboxylic acids is 1. The van der Waals surface area contributed by atoms with Crippen LogP contribution in [0.15, 0.2) is 16.6 Å². The number of carbonyl (C=O) groups is 1. The lowest BCUT2D eigenvalue weighted by Gasteiger charge is -2.12. The normalized spacial score (nSPS) is 23.1. The molecule has 0 saturated carbocycles. The van der Waals surface area contributed by atoms with Crippen molar-refractivity contribution in [3.8, 4) is 0 Å². The van der Waals surface area contributed by atoms with E-state index in [1.54, 1.807) is 6.07 Å². The van der Waals surface area contributed by atoms with E-state index >= 15 is 0 Å². The maximum absolute atomic E-state index is 12.1. The molecule has 18 heavy (non-hydrogen) atoms. The van der Waals surface area contributed by atoms with Crippen LogP contribution >= 0.6 is 15.9 Å². The lowest BCUT2D eigenvalue weighted by atomic mass is 10.1. The van der Waals surface area contributed by atoms with E-state index in [4.69, 9.17) is 10.5 Å². The number of rotatable bonds is 2. The summed E-state index contributed by atoms with van der Waals surface area (Å²) in [5.41, 5.74) is 8.21. The van der Waals surface area contributed by atoms with Crippen LogP contribution < -0.4 is 11.1 Å². The molecule has 3 N–H and O–H groups in total. The lowest BCUT2D eigenvalue weighted by molar-refractivity contribution is -0.119. The monoisotopic (exact) mass is 312 g/mol. The van der Waals surface area contributed by atoms with E-state index in [1.165, 1.54) is 0 Å². The average molecular weight is 313 g/mol. The zero-order chi connectivity index (χ0) is 13.3. The summed E-state index contributed by atoms with van der Waals surface area (Å²) in [7, 11) is 0. The summed E-state index contributed by atoms with van der Waals surface area (Å²) in [4.78, 5) is 12.1. The van der Waals surface area contributed by atoms with E-state index < -0.39 is 0 Å². The van der Waals surface area contributed by atoms with Gasteiger partial charge in [-0.25, -0.2) is 0 Å². The first-order valence-electron chi connectivity index (χ1n) is 5.95. The molecule has 0 radical (unpaired) electrons. The molecule has 1 fully saturated rings. The van der Waals surface area contributed by atoms with Crippen molar-refractivity contribution in [2.75, 3.05) is 17.7 Å². The fourth-order valence-corrected chi connectivity index (χ4v) is 2.58. The van der Waals surface area contributed by atoms with Gasteiger partial charge in [-0.05, 0) is 53.9 Å². The second kappa shape index (κ2) is 5.28. The molecule has 98 valence electrons. The predicted molar refractivity (Wildman–Crippen MR) is 75.4 cm³/mol. The molecule has 0 aromatic heterocycles. The summed E-state index contributed by atoms with van der Waals surface area (Å²) in [5.74, 6) is -0.0854. The van der Waals surface area contributed by atoms with E-state index in [9.17, 15) is 4.79 Å². The second-order valence-corrected chi connectivity index (χ2v) is 5.61. The zero-order valence-corrected chi connectivity index (χ0v) is 12.1. The minimum Gasteiger partial charge on any atom is -0.398 e. The van der Waals surface area contributed by atoms with Crippen molar-refractivity contribution in [1.29, 1.82) is 0 Å². The van der Waals surface area contributed by atoms with Crippen molar-refractivity contribution in [3.05, 3.63) is 22.2 Å². The van der Waals surface area contributed by atoms with Crippen molar-refractivity contribution < 1.29 is 9.53 Å². The molecule has 2 unspecified atom stereocenters. The highest BCUT2D eigenvalue weighted by Crippen LogP contribution is 2.29. The highest BCUT2D eigenvalue weighted by atomic mass is 79.9. The number of amides is 1. The van der Waals surface area contributed by atoms with Gasteiger partial charge in [0.2, 0.25) is 5.91 Å². The molecule has 1 aliphatic heterocycles. The highest BCUT2D eigenvalue weighted by Gasteiger charge is 2.28. The maximum Gasteiger partial charge on any atom is 0.229 e. The van der Waals surface area contributed by atoms with Gasteiger partial charge in [0, 0.05) is 10.2 Å². The summed E-state index contributed by atoms with van der Waals surface area (Å²) < 4.78 is 6.24. The third-order valence-electron chi connectivity index (χ3n) is 3.18. The SMILES string of the molecule is Cc1cc(Br)c(NC(=O)C2COC(C)C2)cc1N. The molecular formula is C13H17BrN2O2. The van der Waals surface area contributed by atoms with Gasteiger partial charge >= 0.3 is 0 Å². The van der Waals surface area contributed by atoms with Crippen molar-refractivity contribution in [3.63, 3.8) is 0 Å². The number of anilines is 2. The van der Waals surface area contributed by atoms with Crippen LogP contribution in [0, 0.1) is 12.8 Å². The number of hydrogen-bond acceptors (Lipinski definition) is 3. The van der Waals surface area contributed by atoms with Gasteiger partial charge < -0.3 is 15.8 Å². The molecule has 2 atom stereocenters. The maximum atomic E-state index is 12.1. The van der Waals surface area contributed by atoms with Gasteiger partial charge in [-0.1, -0.05) is 0 Å². The third-order valence-corrected chi connectivity index (χ3v) is 3.84. The molecule has 2 rings (SSSR count). The van der Waals surface area contributed by atoms with Gasteiger partial charge in [0.1, 0.15) is 0 Å². The van der Waals surface area contributed by atoms with Gasteiger partial charge in [0.15, 0.2) is 0 Å². The van der Waals surface area contributed by atoms with E-state index in [0.29, 0.717) is 18.0 Å². The molecule has 1 saturated heterocycles. The molecule has 1 aliphatic rings. The summed E-state index contributed by atoms with van der Waals surface area (Å²) in [5, 5.41) is 2.89. The predicted octanol–water partition coefficient (Wildman–Crippen LogP) is 2.70. The van der Waals surface area contributed by atoms with Crippen molar-refractivity contribution in [1.82, 2.24) is 0 Å². The minimum absolute atomic E-state index is 0.0108. The van der Waals surface area contributed by atoms with Gasteiger partial charge in [-0.3, -0.25) is 4.79 Å². The Labute approximate surface area is 115 Å². The number of aryl methyl sites for hydroxylation is 1. The van der Waals surface area contributed by atoms with Crippen molar-refractivity contribution in [2.45, 2.75) is 26.4 Å². The van der Waals surface area contributed by atoms with Crippen molar-refractivity contribution >= 4 is 33.2 Å². The molecule has 1 aromatic rings. The largest absolute Gasteiger partial charge is 0.398 e. The Bertz CT molecular complexity index is 476. The first kappa shape index (κ1) is 13.4. The number of nitrogens with two attached hydrogens (primary N) is 1. The third kappa shape index (κ3) is 2.84. The Hall–Kier alpha value is -1.07. The quantitative estimate of drug-likeness (QED) is 0.825. The number of nitrogens with one attached hydrogen (secondary N) is 1. The summed E-state index contributed by atoms with van der Waals surface area (Å²) in [6.45, 7) is 4.40. The first-order chi connectivity index (χ1) is 8.47. The van der Waals surface area contributed by atoms with Gasteiger partial charge in [0.25, 0.3) is 0 Å². The molecule has 1 amide bonds. The minimum atomic E-state index is -0.0746. The first-order valence-corrected chi connectivity index (χ1v) is 6.74. The van der Waals surface area contributed by atoms with E-state index in [2.05, 4.69) is 21.2 Å². The van der Waals surface area contributed by atoms with Crippen LogP contribution in [0.1, 0.15) is 18.9 Å². The number of benzene rings is 1. The van der Waals surface area contributed by atoms with Crippen LogP contribution in [0.2, 0.25) is 0 Å². The average Bonchev–Trinajstić information content (AvgIpc) is 2.73. The highest BCUT2D eigenvalue weighted by molar-refractivity contribution is 9.10. The van der Waals surface area contributed by atoms with Crippen LogP contribution in [-0.4, -0.2) is 18.6 Å². The van der Waals surface area contributed by atoms with E-state index in [1.807, 2.05) is 19.9 Å². The Morgan fingerprint density at radius 1 is 1.56 bits per heavy atom. The lowest BCUT2D eigenvalue weighted by Crippen LogP contribution is -2.23. The molecule has 0 spiro atoms. The smallest absolute Gasteiger partial charge is 0.229 e.